The number of aliphatic hydroxyl groups is 1. The molecule has 0 bridgehead atoms. The van der Waals surface area contributed by atoms with Crippen LogP contribution in [-0.4, -0.2) is 57.8 Å². The van der Waals surface area contributed by atoms with Gasteiger partial charge in [0.2, 0.25) is 0 Å². The van der Waals surface area contributed by atoms with E-state index in [1.54, 1.807) is 13.8 Å². The largest absolute Gasteiger partial charge is 2.00 e. The summed E-state index contributed by atoms with van der Waals surface area (Å²) in [5.41, 5.74) is 0. The van der Waals surface area contributed by atoms with Crippen molar-refractivity contribution < 1.29 is 5.11 Å². The molecule has 180 valence electrons. The Balaban J connectivity index is -0.0000000346. The molecule has 0 aromatic rings. The molecular formula is C27H62Mg2O. The predicted octanol–water partition coefficient (Wildman–Crippen LogP) is 9.33. The zero-order valence-electron chi connectivity index (χ0n) is 23.2. The smallest absolute Gasteiger partial charge is 0.396 e. The molecule has 0 amide bonds. The minimum Gasteiger partial charge on any atom is -0.396 e. The quantitative estimate of drug-likeness (QED) is 0.188. The second-order valence-electron chi connectivity index (χ2n) is 6.37. The van der Waals surface area contributed by atoms with Gasteiger partial charge in [-0.1, -0.05) is 106 Å². The van der Waals surface area contributed by atoms with Crippen molar-refractivity contribution in [2.45, 2.75) is 139 Å². The SMILES string of the molecule is CCCCC(CC)CO.CCCCCCC.[CH2-]C.[CH2-]C.[CH2-]CCC.[CH2-]CCC.[Mg+2].[Mg+2]. The van der Waals surface area contributed by atoms with Gasteiger partial charge in [-0.05, 0) is 12.3 Å². The average molecular weight is 451 g/mol. The van der Waals surface area contributed by atoms with E-state index in [0.29, 0.717) is 12.5 Å². The molecule has 0 aliphatic rings. The maximum absolute atomic E-state index is 8.75. The van der Waals surface area contributed by atoms with Crippen molar-refractivity contribution in [2.24, 2.45) is 5.92 Å². The van der Waals surface area contributed by atoms with Crippen LogP contribution in [0.1, 0.15) is 139 Å². The number of hydrogen-bond donors (Lipinski definition) is 1. The van der Waals surface area contributed by atoms with Crippen LogP contribution in [0.25, 0.3) is 0 Å². The standard InChI is InChI=1S/C8H18O.C7H16.2C4H9.2C2H5.2Mg/c1-3-5-6-8(4-2)7-9;1-3-5-7-6-4-2;2*1-3-4-2;2*1-2;;/h8-9H,3-7H2,1-2H3;3-7H2,1-2H3;2*1,3-4H2,2H3;2*1H2,2H3;;/q;;4*-1;2*+2. The van der Waals surface area contributed by atoms with Crippen molar-refractivity contribution in [1.82, 2.24) is 0 Å². The van der Waals surface area contributed by atoms with Crippen molar-refractivity contribution in [3.05, 3.63) is 27.7 Å². The molecule has 0 aromatic heterocycles. The maximum Gasteiger partial charge on any atom is 2.00 e. The third-order valence-corrected chi connectivity index (χ3v) is 3.72. The van der Waals surface area contributed by atoms with Gasteiger partial charge < -0.3 is 32.8 Å². The van der Waals surface area contributed by atoms with Gasteiger partial charge in [0.15, 0.2) is 0 Å². The first-order chi connectivity index (χ1) is 13.6. The number of hydrogen-bond acceptors (Lipinski definition) is 1. The van der Waals surface area contributed by atoms with Gasteiger partial charge in [-0.3, -0.25) is 0 Å². The van der Waals surface area contributed by atoms with Crippen LogP contribution in [0.4, 0.5) is 0 Å². The third kappa shape index (κ3) is 99.8. The van der Waals surface area contributed by atoms with Gasteiger partial charge in [0, 0.05) is 6.61 Å². The minimum absolute atomic E-state index is 0. The fourth-order valence-corrected chi connectivity index (χ4v) is 1.59. The summed E-state index contributed by atoms with van der Waals surface area (Å²) in [6.45, 7) is 30.6. The van der Waals surface area contributed by atoms with E-state index in [2.05, 4.69) is 69.2 Å². The summed E-state index contributed by atoms with van der Waals surface area (Å²) in [5.74, 6) is 0.560. The third-order valence-electron chi connectivity index (χ3n) is 3.72. The summed E-state index contributed by atoms with van der Waals surface area (Å²) >= 11 is 0. The maximum atomic E-state index is 8.75. The Morgan fingerprint density at radius 1 is 0.567 bits per heavy atom. The molecule has 1 atom stereocenters. The minimum atomic E-state index is 0. The molecule has 0 fully saturated rings. The van der Waals surface area contributed by atoms with E-state index in [1.165, 1.54) is 64.2 Å². The normalized spacial score (nSPS) is 8.70. The summed E-state index contributed by atoms with van der Waals surface area (Å²) in [6.07, 6.45) is 16.4. The zero-order valence-corrected chi connectivity index (χ0v) is 26.0. The molecule has 3 heteroatoms. The number of unbranched alkanes of at least 4 members (excludes halogenated alkanes) is 7. The van der Waals surface area contributed by atoms with E-state index in [4.69, 9.17) is 5.11 Å². The number of rotatable bonds is 11. The Morgan fingerprint density at radius 3 is 1.03 bits per heavy atom. The molecule has 1 unspecified atom stereocenters. The zero-order chi connectivity index (χ0) is 23.5. The van der Waals surface area contributed by atoms with Crippen molar-refractivity contribution in [3.63, 3.8) is 0 Å². The van der Waals surface area contributed by atoms with Crippen LogP contribution in [-0.2, 0) is 0 Å². The van der Waals surface area contributed by atoms with Crippen molar-refractivity contribution >= 4 is 46.1 Å². The Bertz CT molecular complexity index is 140. The van der Waals surface area contributed by atoms with Crippen LogP contribution in [0, 0.1) is 33.6 Å². The molecule has 0 aromatic carbocycles. The molecular weight excluding hydrogens is 389 g/mol. The molecule has 0 spiro atoms. The monoisotopic (exact) mass is 450 g/mol. The second-order valence-corrected chi connectivity index (χ2v) is 6.37. The molecule has 30 heavy (non-hydrogen) atoms. The van der Waals surface area contributed by atoms with Crippen LogP contribution in [0.15, 0.2) is 0 Å². The van der Waals surface area contributed by atoms with Crippen molar-refractivity contribution in [2.75, 3.05) is 6.61 Å². The molecule has 1 nitrogen and oxygen atoms in total. The van der Waals surface area contributed by atoms with Crippen LogP contribution in [0.5, 0.6) is 0 Å². The van der Waals surface area contributed by atoms with E-state index in [1.807, 2.05) is 0 Å². The van der Waals surface area contributed by atoms with Gasteiger partial charge in [-0.2, -0.15) is 26.7 Å². The van der Waals surface area contributed by atoms with Gasteiger partial charge in [-0.25, -0.2) is 0 Å². The first kappa shape index (κ1) is 53.1. The van der Waals surface area contributed by atoms with E-state index in [9.17, 15) is 0 Å². The van der Waals surface area contributed by atoms with Crippen molar-refractivity contribution in [3.8, 4) is 0 Å². The van der Waals surface area contributed by atoms with Gasteiger partial charge in [0.05, 0.1) is 0 Å². The van der Waals surface area contributed by atoms with Gasteiger partial charge in [0.25, 0.3) is 0 Å². The summed E-state index contributed by atoms with van der Waals surface area (Å²) < 4.78 is 0. The van der Waals surface area contributed by atoms with Gasteiger partial charge in [-0.15, -0.1) is 0 Å². The molecule has 0 heterocycles. The van der Waals surface area contributed by atoms with E-state index in [-0.39, 0.29) is 46.1 Å². The molecule has 0 aliphatic carbocycles. The summed E-state index contributed by atoms with van der Waals surface area (Å²) in [4.78, 5) is 0. The molecule has 0 aliphatic heterocycles. The van der Waals surface area contributed by atoms with Crippen LogP contribution in [0.3, 0.4) is 0 Å². The first-order valence-electron chi connectivity index (χ1n) is 12.2. The van der Waals surface area contributed by atoms with E-state index < -0.39 is 0 Å². The van der Waals surface area contributed by atoms with Crippen LogP contribution in [0.2, 0.25) is 0 Å². The van der Waals surface area contributed by atoms with E-state index in [0.717, 1.165) is 19.3 Å². The molecule has 1 N–H and O–H groups in total. The summed E-state index contributed by atoms with van der Waals surface area (Å²) in [5, 5.41) is 8.75. The number of aliphatic hydroxyl groups excluding tert-OH is 1. The fourth-order valence-electron chi connectivity index (χ4n) is 1.59. The Hall–Kier alpha value is 1.49. The average Bonchev–Trinajstić information content (AvgIpc) is 2.78. The second kappa shape index (κ2) is 77.6. The molecule has 0 saturated heterocycles. The summed E-state index contributed by atoms with van der Waals surface area (Å²) in [6, 6.07) is 0. The predicted molar refractivity (Wildman–Crippen MR) is 149 cm³/mol. The first-order valence-corrected chi connectivity index (χ1v) is 12.2. The Morgan fingerprint density at radius 2 is 0.867 bits per heavy atom. The van der Waals surface area contributed by atoms with Gasteiger partial charge in [0.1, 0.15) is 0 Å². The van der Waals surface area contributed by atoms with E-state index >= 15 is 0 Å². The van der Waals surface area contributed by atoms with Crippen LogP contribution >= 0.6 is 0 Å². The topological polar surface area (TPSA) is 20.2 Å². The fraction of sp³-hybridized carbons (Fsp3) is 0.852. The molecule has 0 rings (SSSR count). The summed E-state index contributed by atoms with van der Waals surface area (Å²) in [7, 11) is 0. The molecule has 0 saturated carbocycles. The van der Waals surface area contributed by atoms with Crippen LogP contribution < -0.4 is 0 Å². The molecule has 0 radical (unpaired) electrons. The Labute approximate surface area is 229 Å². The van der Waals surface area contributed by atoms with Gasteiger partial charge >= 0.3 is 46.1 Å². The Kier molecular flexibility index (Phi) is 137. The van der Waals surface area contributed by atoms with Crippen molar-refractivity contribution in [1.29, 1.82) is 0 Å².